The van der Waals surface area contributed by atoms with E-state index >= 15 is 0 Å². The van der Waals surface area contributed by atoms with Crippen LogP contribution in [-0.4, -0.2) is 68.7 Å². The molecule has 2 aliphatic heterocycles. The van der Waals surface area contributed by atoms with Crippen molar-refractivity contribution in [2.75, 3.05) is 26.7 Å². The number of hydrogen-bond donors (Lipinski definition) is 1. The minimum atomic E-state index is -0.430. The van der Waals surface area contributed by atoms with E-state index < -0.39 is 12.0 Å². The third-order valence-electron chi connectivity index (χ3n) is 9.09. The number of benzene rings is 1. The molecule has 42 heavy (non-hydrogen) atoms. The van der Waals surface area contributed by atoms with Gasteiger partial charge < -0.3 is 24.4 Å². The first-order chi connectivity index (χ1) is 20.4. The van der Waals surface area contributed by atoms with Gasteiger partial charge in [0.2, 0.25) is 17.7 Å². The summed E-state index contributed by atoms with van der Waals surface area (Å²) in [7, 11) is 3.53. The fraction of sp³-hybridized carbons (Fsp3) is 0.516. The zero-order valence-electron chi connectivity index (χ0n) is 24.1. The molecule has 4 heterocycles. The first-order valence-corrected chi connectivity index (χ1v) is 15.2. The van der Waals surface area contributed by atoms with Gasteiger partial charge in [-0.05, 0) is 49.4 Å². The average molecular weight is 593 g/mol. The SMILES string of the molecule is CNC(=O)[C@H]1CCCC[C@H]1C(=O)N1CCc2c(Cl)ccc(OCc3cnc4c(c3)ncn4C)c2[C@H]1CN1CCCC1=O. The standard InChI is InChI=1S/C31H37ClN6O4/c1-33-30(40)20-6-3-4-7-21(20)31(41)38-13-11-22-23(32)9-10-26(28(22)25(38)16-37-12-5-8-27(37)39)42-17-19-14-24-29(34-15-19)36(2)18-35-24/h9-10,14-15,18,20-21,25H,3-8,11-13,16-17H2,1-2H3,(H,33,40)/t20-,21+,25+/m0/s1. The van der Waals surface area contributed by atoms with Gasteiger partial charge in [0, 0.05) is 74.3 Å². The Morgan fingerprint density at radius 1 is 1.10 bits per heavy atom. The largest absolute Gasteiger partial charge is 0.488 e. The van der Waals surface area contributed by atoms with Crippen molar-refractivity contribution in [3.63, 3.8) is 0 Å². The van der Waals surface area contributed by atoms with Crippen LogP contribution in [0, 0.1) is 11.8 Å². The fourth-order valence-corrected chi connectivity index (χ4v) is 7.16. The molecule has 0 bridgehead atoms. The molecule has 2 fully saturated rings. The minimum absolute atomic E-state index is 0.0266. The topological polar surface area (TPSA) is 110 Å². The molecular formula is C31H37ClN6O4. The highest BCUT2D eigenvalue weighted by Gasteiger charge is 2.43. The summed E-state index contributed by atoms with van der Waals surface area (Å²) in [5.74, 6) is -0.123. The second kappa shape index (κ2) is 11.9. The number of amides is 3. The van der Waals surface area contributed by atoms with Crippen molar-refractivity contribution in [3.8, 4) is 5.75 Å². The zero-order valence-corrected chi connectivity index (χ0v) is 24.9. The van der Waals surface area contributed by atoms with E-state index in [0.29, 0.717) is 56.1 Å². The first-order valence-electron chi connectivity index (χ1n) is 14.9. The molecule has 0 unspecified atom stereocenters. The van der Waals surface area contributed by atoms with Crippen LogP contribution in [0.15, 0.2) is 30.7 Å². The Hall–Kier alpha value is -3.66. The Kier molecular flexibility index (Phi) is 8.07. The molecule has 0 spiro atoms. The van der Waals surface area contributed by atoms with E-state index in [1.807, 2.05) is 39.6 Å². The summed E-state index contributed by atoms with van der Waals surface area (Å²) in [5.41, 5.74) is 4.25. The molecule has 10 nitrogen and oxygen atoms in total. The number of carbonyl (C=O) groups excluding carboxylic acids is 3. The van der Waals surface area contributed by atoms with Crippen molar-refractivity contribution < 1.29 is 19.1 Å². The van der Waals surface area contributed by atoms with Gasteiger partial charge in [0.05, 0.1) is 12.4 Å². The highest BCUT2D eigenvalue weighted by molar-refractivity contribution is 6.31. The lowest BCUT2D eigenvalue weighted by Crippen LogP contribution is -2.50. The molecular weight excluding hydrogens is 556 g/mol. The number of rotatable bonds is 7. The number of aromatic nitrogens is 3. The van der Waals surface area contributed by atoms with Crippen LogP contribution in [0.3, 0.4) is 0 Å². The summed E-state index contributed by atoms with van der Waals surface area (Å²) in [5, 5.41) is 3.39. The van der Waals surface area contributed by atoms with Crippen LogP contribution in [0.1, 0.15) is 61.3 Å². The molecule has 2 aromatic heterocycles. The van der Waals surface area contributed by atoms with E-state index in [1.165, 1.54) is 0 Å². The van der Waals surface area contributed by atoms with E-state index in [0.717, 1.165) is 47.1 Å². The maximum atomic E-state index is 14.3. The number of ether oxygens (including phenoxy) is 1. The minimum Gasteiger partial charge on any atom is -0.488 e. The number of carbonyl (C=O) groups is 3. The maximum Gasteiger partial charge on any atom is 0.227 e. The second-order valence-electron chi connectivity index (χ2n) is 11.6. The lowest BCUT2D eigenvalue weighted by atomic mass is 9.77. The van der Waals surface area contributed by atoms with Crippen molar-refractivity contribution in [3.05, 3.63) is 52.4 Å². The number of nitrogens with one attached hydrogen (secondary N) is 1. The molecule has 1 aromatic carbocycles. The van der Waals surface area contributed by atoms with Gasteiger partial charge in [-0.1, -0.05) is 24.4 Å². The van der Waals surface area contributed by atoms with Gasteiger partial charge in [-0.15, -0.1) is 0 Å². The van der Waals surface area contributed by atoms with Gasteiger partial charge in [-0.25, -0.2) is 9.97 Å². The zero-order chi connectivity index (χ0) is 29.4. The lowest BCUT2D eigenvalue weighted by molar-refractivity contribution is -0.147. The Labute approximate surface area is 250 Å². The molecule has 222 valence electrons. The number of hydrogen-bond acceptors (Lipinski definition) is 6. The number of pyridine rings is 1. The summed E-state index contributed by atoms with van der Waals surface area (Å²) < 4.78 is 8.30. The molecule has 1 saturated heterocycles. The molecule has 1 N–H and O–H groups in total. The van der Waals surface area contributed by atoms with Crippen LogP contribution < -0.4 is 10.1 Å². The van der Waals surface area contributed by atoms with Crippen LogP contribution in [0.25, 0.3) is 11.2 Å². The summed E-state index contributed by atoms with van der Waals surface area (Å²) in [6.07, 6.45) is 8.62. The summed E-state index contributed by atoms with van der Waals surface area (Å²) >= 11 is 6.76. The number of imidazole rings is 1. The first kappa shape index (κ1) is 28.5. The highest BCUT2D eigenvalue weighted by atomic mass is 35.5. The van der Waals surface area contributed by atoms with E-state index in [4.69, 9.17) is 16.3 Å². The van der Waals surface area contributed by atoms with Gasteiger partial charge >= 0.3 is 0 Å². The van der Waals surface area contributed by atoms with Crippen LogP contribution in [0.2, 0.25) is 5.02 Å². The van der Waals surface area contributed by atoms with Crippen LogP contribution in [0.5, 0.6) is 5.75 Å². The quantitative estimate of drug-likeness (QED) is 0.447. The number of fused-ring (bicyclic) bond motifs is 2. The Balaban J connectivity index is 1.34. The molecule has 3 amide bonds. The van der Waals surface area contributed by atoms with E-state index in [-0.39, 0.29) is 30.2 Å². The summed E-state index contributed by atoms with van der Waals surface area (Å²) in [6.45, 7) is 1.76. The van der Waals surface area contributed by atoms with Crippen LogP contribution >= 0.6 is 11.6 Å². The Morgan fingerprint density at radius 3 is 2.67 bits per heavy atom. The third-order valence-corrected chi connectivity index (χ3v) is 9.44. The number of likely N-dealkylation sites (tertiary alicyclic amines) is 1. The number of halogens is 1. The fourth-order valence-electron chi connectivity index (χ4n) is 6.90. The predicted molar refractivity (Wildman–Crippen MR) is 158 cm³/mol. The van der Waals surface area contributed by atoms with Crippen molar-refractivity contribution >= 4 is 40.5 Å². The Morgan fingerprint density at radius 2 is 1.90 bits per heavy atom. The monoisotopic (exact) mass is 592 g/mol. The van der Waals surface area contributed by atoms with Crippen molar-refractivity contribution in [1.29, 1.82) is 0 Å². The average Bonchev–Trinajstić information content (AvgIpc) is 3.60. The van der Waals surface area contributed by atoms with Gasteiger partial charge in [-0.3, -0.25) is 14.4 Å². The van der Waals surface area contributed by atoms with E-state index in [9.17, 15) is 14.4 Å². The van der Waals surface area contributed by atoms with E-state index in [2.05, 4.69) is 15.3 Å². The molecule has 11 heteroatoms. The van der Waals surface area contributed by atoms with Crippen LogP contribution in [0.4, 0.5) is 0 Å². The molecule has 1 aliphatic carbocycles. The van der Waals surface area contributed by atoms with Crippen molar-refractivity contribution in [2.24, 2.45) is 18.9 Å². The summed E-state index contributed by atoms with van der Waals surface area (Å²) in [6, 6.07) is 5.23. The Bertz CT molecular complexity index is 1520. The van der Waals surface area contributed by atoms with Gasteiger partial charge in [-0.2, -0.15) is 0 Å². The third kappa shape index (κ3) is 5.32. The molecule has 0 radical (unpaired) electrons. The van der Waals surface area contributed by atoms with Crippen LogP contribution in [-0.2, 0) is 34.5 Å². The van der Waals surface area contributed by atoms with Gasteiger partial charge in [0.25, 0.3) is 0 Å². The number of nitrogens with zero attached hydrogens (tertiary/aromatic N) is 5. The normalized spacial score (nSPS) is 22.4. The molecule has 3 atom stereocenters. The molecule has 3 aliphatic rings. The predicted octanol–water partition coefficient (Wildman–Crippen LogP) is 3.80. The summed E-state index contributed by atoms with van der Waals surface area (Å²) in [4.78, 5) is 52.6. The van der Waals surface area contributed by atoms with Crippen molar-refractivity contribution in [2.45, 2.75) is 57.6 Å². The lowest BCUT2D eigenvalue weighted by Gasteiger charge is -2.43. The highest BCUT2D eigenvalue weighted by Crippen LogP contribution is 2.43. The van der Waals surface area contributed by atoms with E-state index in [1.54, 1.807) is 19.6 Å². The molecule has 1 saturated carbocycles. The van der Waals surface area contributed by atoms with Gasteiger partial charge in [0.1, 0.15) is 17.9 Å². The maximum absolute atomic E-state index is 14.3. The van der Waals surface area contributed by atoms with Crippen molar-refractivity contribution in [1.82, 2.24) is 29.7 Å². The van der Waals surface area contributed by atoms with Gasteiger partial charge in [0.15, 0.2) is 5.65 Å². The molecule has 3 aromatic rings. The smallest absolute Gasteiger partial charge is 0.227 e. The molecule has 6 rings (SSSR count). The number of aryl methyl sites for hydroxylation is 1. The second-order valence-corrected chi connectivity index (χ2v) is 12.0.